The molecule has 4 heteroatoms. The summed E-state index contributed by atoms with van der Waals surface area (Å²) >= 11 is 1.64. The van der Waals surface area contributed by atoms with Gasteiger partial charge in [0.05, 0.1) is 0 Å². The first-order chi connectivity index (χ1) is 12.3. The lowest BCUT2D eigenvalue weighted by Crippen LogP contribution is -2.24. The molecule has 1 fully saturated rings. The second kappa shape index (κ2) is 7.14. The fraction of sp³-hybridized carbons (Fsp3) is 0.381. The molecule has 0 saturated carbocycles. The van der Waals surface area contributed by atoms with Crippen LogP contribution >= 0.6 is 11.3 Å². The molecule has 1 aliphatic carbocycles. The summed E-state index contributed by atoms with van der Waals surface area (Å²) in [4.78, 5) is 13.1. The lowest BCUT2D eigenvalue weighted by molar-refractivity contribution is -0.133. The van der Waals surface area contributed by atoms with Crippen LogP contribution in [0.2, 0.25) is 0 Å². The number of ether oxygens (including phenoxy) is 1. The van der Waals surface area contributed by atoms with E-state index < -0.39 is 0 Å². The van der Waals surface area contributed by atoms with Crippen LogP contribution in [0.4, 0.5) is 0 Å². The molecule has 2 heterocycles. The van der Waals surface area contributed by atoms with Crippen LogP contribution in [0.1, 0.15) is 47.8 Å². The predicted octanol–water partition coefficient (Wildman–Crippen LogP) is 4.35. The molecule has 0 amide bonds. The summed E-state index contributed by atoms with van der Waals surface area (Å²) in [6, 6.07) is 10.9. The minimum atomic E-state index is -0.159. The van der Waals surface area contributed by atoms with Crippen molar-refractivity contribution in [3.8, 4) is 5.06 Å². The van der Waals surface area contributed by atoms with Crippen molar-refractivity contribution >= 4 is 22.9 Å². The Bertz CT molecular complexity index is 826. The van der Waals surface area contributed by atoms with Gasteiger partial charge in [-0.1, -0.05) is 36.8 Å². The second-order valence-corrected chi connectivity index (χ2v) is 7.71. The number of nitrogens with one attached hydrogen (secondary N) is 1. The average molecular weight is 353 g/mol. The third-order valence-electron chi connectivity index (χ3n) is 5.03. The van der Waals surface area contributed by atoms with Gasteiger partial charge >= 0.3 is 5.97 Å². The van der Waals surface area contributed by atoms with E-state index in [9.17, 15) is 4.79 Å². The number of esters is 1. The normalized spacial score (nSPS) is 16.8. The molecular formula is C21H23NO2S. The van der Waals surface area contributed by atoms with E-state index in [-0.39, 0.29) is 5.97 Å². The van der Waals surface area contributed by atoms with Gasteiger partial charge in [-0.15, -0.1) is 11.3 Å². The monoisotopic (exact) mass is 353 g/mol. The maximum absolute atomic E-state index is 11.7. The first-order valence-corrected chi connectivity index (χ1v) is 9.92. The highest BCUT2D eigenvalue weighted by Crippen LogP contribution is 2.43. The Balaban J connectivity index is 1.85. The van der Waals surface area contributed by atoms with E-state index in [2.05, 4.69) is 35.6 Å². The Hall–Kier alpha value is -1.91. The SMILES string of the molecule is CCC(=O)Oc1cc2c(s1)CCc1ccccc1C2=C1CCNCC1. The number of benzene rings is 1. The molecule has 4 rings (SSSR count). The zero-order valence-corrected chi connectivity index (χ0v) is 15.4. The van der Waals surface area contributed by atoms with Crippen molar-refractivity contribution in [1.29, 1.82) is 0 Å². The first kappa shape index (κ1) is 16.6. The second-order valence-electron chi connectivity index (χ2n) is 6.62. The number of hydrogen-bond donors (Lipinski definition) is 1. The van der Waals surface area contributed by atoms with Crippen LogP contribution < -0.4 is 10.1 Å². The van der Waals surface area contributed by atoms with Gasteiger partial charge in [-0.25, -0.2) is 0 Å². The number of piperidine rings is 1. The Morgan fingerprint density at radius 1 is 1.12 bits per heavy atom. The van der Waals surface area contributed by atoms with Crippen molar-refractivity contribution in [3.63, 3.8) is 0 Å². The molecule has 0 bridgehead atoms. The van der Waals surface area contributed by atoms with Crippen LogP contribution in [0.5, 0.6) is 5.06 Å². The molecule has 1 saturated heterocycles. The van der Waals surface area contributed by atoms with Crippen LogP contribution in [0.3, 0.4) is 0 Å². The van der Waals surface area contributed by atoms with Crippen LogP contribution in [-0.2, 0) is 17.6 Å². The fourth-order valence-electron chi connectivity index (χ4n) is 3.77. The van der Waals surface area contributed by atoms with Gasteiger partial charge in [-0.05, 0) is 55.5 Å². The summed E-state index contributed by atoms with van der Waals surface area (Å²) in [5.74, 6) is -0.159. The summed E-state index contributed by atoms with van der Waals surface area (Å²) in [5.41, 5.74) is 6.99. The van der Waals surface area contributed by atoms with Crippen molar-refractivity contribution in [3.05, 3.63) is 57.5 Å². The van der Waals surface area contributed by atoms with Gasteiger partial charge in [0.2, 0.25) is 0 Å². The summed E-state index contributed by atoms with van der Waals surface area (Å²) in [7, 11) is 0. The molecule has 1 aromatic heterocycles. The van der Waals surface area contributed by atoms with Crippen molar-refractivity contribution in [2.45, 2.75) is 39.0 Å². The number of thiophene rings is 1. The summed E-state index contributed by atoms with van der Waals surface area (Å²) in [6.45, 7) is 3.91. The highest BCUT2D eigenvalue weighted by Gasteiger charge is 2.25. The Morgan fingerprint density at radius 2 is 1.92 bits per heavy atom. The van der Waals surface area contributed by atoms with Gasteiger partial charge in [0.15, 0.2) is 5.06 Å². The minimum Gasteiger partial charge on any atom is -0.415 e. The highest BCUT2D eigenvalue weighted by molar-refractivity contribution is 7.14. The van der Waals surface area contributed by atoms with E-state index in [0.29, 0.717) is 6.42 Å². The summed E-state index contributed by atoms with van der Waals surface area (Å²) in [5, 5.41) is 4.19. The summed E-state index contributed by atoms with van der Waals surface area (Å²) < 4.78 is 5.53. The molecule has 0 spiro atoms. The van der Waals surface area contributed by atoms with Gasteiger partial charge in [-0.2, -0.15) is 0 Å². The molecule has 2 aliphatic rings. The average Bonchev–Trinajstić information content (AvgIpc) is 2.97. The molecule has 0 unspecified atom stereocenters. The van der Waals surface area contributed by atoms with Crippen LogP contribution in [0.25, 0.3) is 5.57 Å². The van der Waals surface area contributed by atoms with E-state index in [4.69, 9.17) is 4.74 Å². The zero-order chi connectivity index (χ0) is 17.2. The summed E-state index contributed by atoms with van der Waals surface area (Å²) in [6.07, 6.45) is 4.63. The molecule has 130 valence electrons. The van der Waals surface area contributed by atoms with Gasteiger partial charge in [0, 0.05) is 22.9 Å². The molecule has 0 radical (unpaired) electrons. The van der Waals surface area contributed by atoms with E-state index in [1.54, 1.807) is 11.3 Å². The number of fused-ring (bicyclic) bond motifs is 2. The molecule has 1 aliphatic heterocycles. The third-order valence-corrected chi connectivity index (χ3v) is 6.10. The first-order valence-electron chi connectivity index (χ1n) is 9.11. The molecule has 3 nitrogen and oxygen atoms in total. The van der Waals surface area contributed by atoms with Gasteiger partial charge < -0.3 is 10.1 Å². The largest absolute Gasteiger partial charge is 0.415 e. The number of hydrogen-bond acceptors (Lipinski definition) is 4. The number of aryl methyl sites for hydroxylation is 2. The molecule has 0 atom stereocenters. The van der Waals surface area contributed by atoms with Crippen LogP contribution in [0.15, 0.2) is 35.9 Å². The van der Waals surface area contributed by atoms with Crippen molar-refractivity contribution in [2.75, 3.05) is 13.1 Å². The number of rotatable bonds is 2. The standard InChI is InChI=1S/C21H23NO2S/c1-2-19(23)24-20-13-17-18(25-20)8-7-14-5-3-4-6-16(14)21(17)15-9-11-22-12-10-15/h3-6,13,22H,2,7-12H2,1H3. The molecule has 2 aromatic rings. The fourth-order valence-corrected chi connectivity index (χ4v) is 4.80. The van der Waals surface area contributed by atoms with E-state index >= 15 is 0 Å². The maximum Gasteiger partial charge on any atom is 0.311 e. The number of carbonyl (C=O) groups is 1. The van der Waals surface area contributed by atoms with E-state index in [1.165, 1.54) is 32.7 Å². The molecule has 1 N–H and O–H groups in total. The van der Waals surface area contributed by atoms with Crippen molar-refractivity contribution in [1.82, 2.24) is 5.32 Å². The van der Waals surface area contributed by atoms with E-state index in [0.717, 1.165) is 43.8 Å². The highest BCUT2D eigenvalue weighted by atomic mass is 32.1. The number of carbonyl (C=O) groups excluding carboxylic acids is 1. The van der Waals surface area contributed by atoms with Crippen LogP contribution in [-0.4, -0.2) is 19.1 Å². The van der Waals surface area contributed by atoms with E-state index in [1.807, 2.05) is 6.92 Å². The quantitative estimate of drug-likeness (QED) is 0.816. The minimum absolute atomic E-state index is 0.159. The topological polar surface area (TPSA) is 38.3 Å². The van der Waals surface area contributed by atoms with Crippen molar-refractivity contribution in [2.24, 2.45) is 0 Å². The smallest absolute Gasteiger partial charge is 0.311 e. The molecular weight excluding hydrogens is 330 g/mol. The van der Waals surface area contributed by atoms with Crippen LogP contribution in [0, 0.1) is 0 Å². The Kier molecular flexibility index (Phi) is 4.73. The third kappa shape index (κ3) is 3.29. The Morgan fingerprint density at radius 3 is 2.72 bits per heavy atom. The molecule has 25 heavy (non-hydrogen) atoms. The zero-order valence-electron chi connectivity index (χ0n) is 14.6. The van der Waals surface area contributed by atoms with Gasteiger partial charge in [-0.3, -0.25) is 4.79 Å². The predicted molar refractivity (Wildman–Crippen MR) is 102 cm³/mol. The maximum atomic E-state index is 11.7. The van der Waals surface area contributed by atoms with Gasteiger partial charge in [0.1, 0.15) is 0 Å². The molecule has 1 aromatic carbocycles. The Labute approximate surface area is 152 Å². The van der Waals surface area contributed by atoms with Gasteiger partial charge in [0.25, 0.3) is 0 Å². The van der Waals surface area contributed by atoms with Crippen molar-refractivity contribution < 1.29 is 9.53 Å². The lowest BCUT2D eigenvalue weighted by atomic mass is 9.88. The lowest BCUT2D eigenvalue weighted by Gasteiger charge is -2.21.